The molecule has 0 aliphatic heterocycles. The van der Waals surface area contributed by atoms with Crippen LogP contribution < -0.4 is 4.74 Å². The van der Waals surface area contributed by atoms with Crippen molar-refractivity contribution < 1.29 is 4.74 Å². The van der Waals surface area contributed by atoms with Crippen LogP contribution in [-0.4, -0.2) is 22.1 Å². The van der Waals surface area contributed by atoms with Gasteiger partial charge in [0.05, 0.1) is 18.5 Å². The number of H-pyrrole nitrogens is 1. The molecule has 0 unspecified atom stereocenters. The molecule has 4 aromatic rings. The quantitative estimate of drug-likeness (QED) is 0.347. The molecule has 0 saturated carbocycles. The fourth-order valence-corrected chi connectivity index (χ4v) is 4.00. The van der Waals surface area contributed by atoms with Gasteiger partial charge in [0.2, 0.25) is 0 Å². The van der Waals surface area contributed by atoms with Crippen LogP contribution in [-0.2, 0) is 0 Å². The van der Waals surface area contributed by atoms with Gasteiger partial charge in [-0.25, -0.2) is 4.98 Å². The van der Waals surface area contributed by atoms with Gasteiger partial charge in [-0.3, -0.25) is 4.98 Å². The molecule has 5 rings (SSSR count). The van der Waals surface area contributed by atoms with Crippen molar-refractivity contribution in [2.75, 3.05) is 7.11 Å². The van der Waals surface area contributed by atoms with Crippen molar-refractivity contribution in [2.45, 2.75) is 6.42 Å². The van der Waals surface area contributed by atoms with Gasteiger partial charge in [0.15, 0.2) is 0 Å². The molecule has 1 N–H and O–H groups in total. The molecule has 0 saturated heterocycles. The first-order valence-electron chi connectivity index (χ1n) is 10.7. The third kappa shape index (κ3) is 4.52. The molecule has 162 valence electrons. The van der Waals surface area contributed by atoms with Crippen molar-refractivity contribution in [2.24, 2.45) is 0 Å². The smallest absolute Gasteiger partial charge is 0.134 e. The molecule has 2 aromatic carbocycles. The van der Waals surface area contributed by atoms with Crippen LogP contribution in [0, 0.1) is 0 Å². The Bertz CT molecular complexity index is 1350. The predicted octanol–water partition coefficient (Wildman–Crippen LogP) is 7.28. The number of rotatable bonds is 5. The van der Waals surface area contributed by atoms with Crippen molar-refractivity contribution in [3.05, 3.63) is 108 Å². The van der Waals surface area contributed by atoms with Gasteiger partial charge in [0, 0.05) is 28.6 Å². The summed E-state index contributed by atoms with van der Waals surface area (Å²) in [7, 11) is 1.68. The Morgan fingerprint density at radius 3 is 2.18 bits per heavy atom. The summed E-state index contributed by atoms with van der Waals surface area (Å²) < 4.78 is 5.27. The van der Waals surface area contributed by atoms with Crippen LogP contribution in [0.1, 0.15) is 12.2 Å². The van der Waals surface area contributed by atoms with E-state index in [1.54, 1.807) is 19.5 Å². The van der Waals surface area contributed by atoms with Crippen LogP contribution in [0.3, 0.4) is 0 Å². The van der Waals surface area contributed by atoms with E-state index in [1.807, 2.05) is 42.5 Å². The van der Waals surface area contributed by atoms with E-state index < -0.39 is 0 Å². The van der Waals surface area contributed by atoms with Gasteiger partial charge in [-0.05, 0) is 59.5 Å². The van der Waals surface area contributed by atoms with Gasteiger partial charge < -0.3 is 9.72 Å². The molecule has 0 amide bonds. The van der Waals surface area contributed by atoms with Crippen LogP contribution in [0.25, 0.3) is 39.2 Å². The number of halogens is 1. The van der Waals surface area contributed by atoms with Gasteiger partial charge in [0.25, 0.3) is 0 Å². The lowest BCUT2D eigenvalue weighted by atomic mass is 10.0. The molecule has 0 spiro atoms. The number of methoxy groups -OCH3 is 1. The number of benzene rings is 2. The van der Waals surface area contributed by atoms with Crippen molar-refractivity contribution in [1.82, 2.24) is 15.0 Å². The normalized spacial score (nSPS) is 13.3. The zero-order chi connectivity index (χ0) is 22.6. The molecule has 2 aromatic heterocycles. The lowest BCUT2D eigenvalue weighted by Gasteiger charge is -2.06. The molecular formula is C28H22ClN3O. The van der Waals surface area contributed by atoms with Gasteiger partial charge in [0.1, 0.15) is 11.6 Å². The standard InChI is InChI=1S/C28H22ClN3O/c1-33-25-13-10-20(11-14-25)19-5-7-21(8-6-19)26-27(22-15-17-30-18-16-22)32-28(31-26)23-3-2-4-24(29)12-9-23/h2,4-18H,3H2,1H3,(H,31,32). The Morgan fingerprint density at radius 1 is 0.818 bits per heavy atom. The molecular weight excluding hydrogens is 430 g/mol. The summed E-state index contributed by atoms with van der Waals surface area (Å²) in [6, 6.07) is 20.5. The molecule has 0 atom stereocenters. The topological polar surface area (TPSA) is 50.8 Å². The number of hydrogen-bond acceptors (Lipinski definition) is 3. The number of nitrogens with zero attached hydrogens (tertiary/aromatic N) is 2. The van der Waals surface area contributed by atoms with Crippen LogP contribution in [0.2, 0.25) is 0 Å². The summed E-state index contributed by atoms with van der Waals surface area (Å²) in [5.41, 5.74) is 7.31. The molecule has 1 aliphatic rings. The second kappa shape index (κ2) is 9.31. The number of aromatic amines is 1. The molecule has 0 bridgehead atoms. The summed E-state index contributed by atoms with van der Waals surface area (Å²) in [4.78, 5) is 12.7. The summed E-state index contributed by atoms with van der Waals surface area (Å²) in [5, 5.41) is 0.709. The van der Waals surface area contributed by atoms with Crippen LogP contribution >= 0.6 is 11.6 Å². The first-order chi connectivity index (χ1) is 16.2. The average Bonchev–Trinajstić information content (AvgIpc) is 3.20. The number of nitrogens with one attached hydrogen (secondary N) is 1. The van der Waals surface area contributed by atoms with Crippen molar-refractivity contribution in [3.63, 3.8) is 0 Å². The largest absolute Gasteiger partial charge is 0.497 e. The summed E-state index contributed by atoms with van der Waals surface area (Å²) in [6.45, 7) is 0. The fourth-order valence-electron chi connectivity index (χ4n) is 3.84. The molecule has 1 aliphatic carbocycles. The highest BCUT2D eigenvalue weighted by atomic mass is 35.5. The van der Waals surface area contributed by atoms with E-state index in [-0.39, 0.29) is 0 Å². The Kier molecular flexibility index (Phi) is 5.92. The van der Waals surface area contributed by atoms with E-state index in [9.17, 15) is 0 Å². The number of aromatic nitrogens is 3. The lowest BCUT2D eigenvalue weighted by molar-refractivity contribution is 0.415. The van der Waals surface area contributed by atoms with Crippen molar-refractivity contribution >= 4 is 17.2 Å². The predicted molar refractivity (Wildman–Crippen MR) is 135 cm³/mol. The van der Waals surface area contributed by atoms with Gasteiger partial charge in [-0.15, -0.1) is 0 Å². The van der Waals surface area contributed by atoms with Crippen LogP contribution in [0.15, 0.2) is 102 Å². The SMILES string of the molecule is COc1ccc(-c2ccc(-c3nc(C4=CC=C(Cl)C=CC4)[nH]c3-c3ccncc3)cc2)cc1. The van der Waals surface area contributed by atoms with Gasteiger partial charge >= 0.3 is 0 Å². The molecule has 2 heterocycles. The van der Waals surface area contributed by atoms with Crippen LogP contribution in [0.5, 0.6) is 5.75 Å². The maximum Gasteiger partial charge on any atom is 0.134 e. The lowest BCUT2D eigenvalue weighted by Crippen LogP contribution is -1.86. The average molecular weight is 452 g/mol. The zero-order valence-electron chi connectivity index (χ0n) is 18.1. The second-order valence-corrected chi connectivity index (χ2v) is 8.14. The molecule has 4 nitrogen and oxygen atoms in total. The van der Waals surface area contributed by atoms with E-state index in [4.69, 9.17) is 21.3 Å². The van der Waals surface area contributed by atoms with E-state index in [0.29, 0.717) is 5.03 Å². The Balaban J connectivity index is 1.55. The number of allylic oxidation sites excluding steroid dienone is 6. The summed E-state index contributed by atoms with van der Waals surface area (Å²) >= 11 is 6.17. The van der Waals surface area contributed by atoms with E-state index in [0.717, 1.165) is 57.2 Å². The highest BCUT2D eigenvalue weighted by Gasteiger charge is 2.16. The van der Waals surface area contributed by atoms with Gasteiger partial charge in [-0.2, -0.15) is 0 Å². The van der Waals surface area contributed by atoms with Crippen molar-refractivity contribution in [1.29, 1.82) is 0 Å². The minimum absolute atomic E-state index is 0.709. The molecule has 5 heteroatoms. The maximum absolute atomic E-state index is 6.17. The van der Waals surface area contributed by atoms with E-state index in [1.165, 1.54) is 0 Å². The number of imidazole rings is 1. The number of hydrogen-bond donors (Lipinski definition) is 1. The first kappa shape index (κ1) is 21.0. The molecule has 0 fully saturated rings. The molecule has 33 heavy (non-hydrogen) atoms. The number of pyridine rings is 1. The Morgan fingerprint density at radius 2 is 1.48 bits per heavy atom. The third-order valence-electron chi connectivity index (χ3n) is 5.62. The summed E-state index contributed by atoms with van der Waals surface area (Å²) in [5.74, 6) is 1.68. The minimum atomic E-state index is 0.709. The van der Waals surface area contributed by atoms with Crippen molar-refractivity contribution in [3.8, 4) is 39.4 Å². The number of ether oxygens (including phenoxy) is 1. The zero-order valence-corrected chi connectivity index (χ0v) is 18.9. The highest BCUT2D eigenvalue weighted by molar-refractivity contribution is 6.31. The Labute approximate surface area is 198 Å². The first-order valence-corrected chi connectivity index (χ1v) is 11.1. The Hall–Kier alpha value is -3.89. The second-order valence-electron chi connectivity index (χ2n) is 7.70. The van der Waals surface area contributed by atoms with Crippen LogP contribution in [0.4, 0.5) is 0 Å². The maximum atomic E-state index is 6.17. The van der Waals surface area contributed by atoms with E-state index in [2.05, 4.69) is 52.4 Å². The minimum Gasteiger partial charge on any atom is -0.497 e. The highest BCUT2D eigenvalue weighted by Crippen LogP contribution is 2.34. The molecule has 0 radical (unpaired) electrons. The fraction of sp³-hybridized carbons (Fsp3) is 0.0714. The van der Waals surface area contributed by atoms with E-state index >= 15 is 0 Å². The monoisotopic (exact) mass is 451 g/mol. The summed E-state index contributed by atoms with van der Waals surface area (Å²) in [6.07, 6.45) is 12.2. The third-order valence-corrected chi connectivity index (χ3v) is 5.87. The van der Waals surface area contributed by atoms with Gasteiger partial charge in [-0.1, -0.05) is 60.2 Å².